The molecule has 1 aromatic heterocycles. The molecular formula is C23H26N4O2. The molecule has 0 radical (unpaired) electrons. The van der Waals surface area contributed by atoms with Gasteiger partial charge in [0.15, 0.2) is 0 Å². The number of aromatic nitrogens is 2. The average molecular weight is 390 g/mol. The van der Waals surface area contributed by atoms with Gasteiger partial charge in [-0.15, -0.1) is 0 Å². The highest BCUT2D eigenvalue weighted by Crippen LogP contribution is 2.20. The molecule has 6 heteroatoms. The number of anilines is 2. The minimum atomic E-state index is -0.212. The van der Waals surface area contributed by atoms with E-state index in [0.717, 1.165) is 29.8 Å². The van der Waals surface area contributed by atoms with Crippen molar-refractivity contribution in [2.24, 2.45) is 0 Å². The van der Waals surface area contributed by atoms with E-state index in [4.69, 9.17) is 4.74 Å². The fourth-order valence-corrected chi connectivity index (χ4v) is 3.04. The molecule has 2 aromatic carbocycles. The molecule has 0 atom stereocenters. The molecule has 0 fully saturated rings. The lowest BCUT2D eigenvalue weighted by Crippen LogP contribution is -2.27. The van der Waals surface area contributed by atoms with Gasteiger partial charge >= 0.3 is 0 Å². The SMILES string of the molecule is CCc1ccccc1Nc1cc(C(=O)NCCc2ccc(OC)cc2)nc(C)n1. The standard InChI is InChI=1S/C23H26N4O2/c1-4-18-7-5-6-8-20(18)27-22-15-21(25-16(2)26-22)23(28)24-14-13-17-9-11-19(29-3)12-10-17/h5-12,15H,4,13-14H2,1-3H3,(H,24,28)(H,25,26,27). The van der Waals surface area contributed by atoms with Gasteiger partial charge in [-0.1, -0.05) is 37.3 Å². The number of nitrogens with one attached hydrogen (secondary N) is 2. The zero-order valence-electron chi connectivity index (χ0n) is 17.0. The summed E-state index contributed by atoms with van der Waals surface area (Å²) >= 11 is 0. The maximum atomic E-state index is 12.6. The van der Waals surface area contributed by atoms with Crippen LogP contribution in [-0.4, -0.2) is 29.5 Å². The van der Waals surface area contributed by atoms with Gasteiger partial charge in [-0.05, 0) is 49.1 Å². The molecule has 3 rings (SSSR count). The Bertz CT molecular complexity index is 971. The van der Waals surface area contributed by atoms with Crippen molar-refractivity contribution in [1.29, 1.82) is 0 Å². The van der Waals surface area contributed by atoms with E-state index >= 15 is 0 Å². The van der Waals surface area contributed by atoms with Crippen LogP contribution in [0.3, 0.4) is 0 Å². The predicted molar refractivity (Wildman–Crippen MR) is 115 cm³/mol. The second kappa shape index (κ2) is 9.68. The number of methoxy groups -OCH3 is 1. The summed E-state index contributed by atoms with van der Waals surface area (Å²) in [6, 6.07) is 17.6. The van der Waals surface area contributed by atoms with Gasteiger partial charge in [-0.3, -0.25) is 4.79 Å². The highest BCUT2D eigenvalue weighted by Gasteiger charge is 2.11. The predicted octanol–water partition coefficient (Wildman–Crippen LogP) is 4.07. The molecular weight excluding hydrogens is 364 g/mol. The number of amides is 1. The van der Waals surface area contributed by atoms with Crippen LogP contribution in [0.4, 0.5) is 11.5 Å². The van der Waals surface area contributed by atoms with Gasteiger partial charge in [0.05, 0.1) is 7.11 Å². The Morgan fingerprint density at radius 1 is 1.07 bits per heavy atom. The number of hydrogen-bond acceptors (Lipinski definition) is 5. The topological polar surface area (TPSA) is 76.1 Å². The number of rotatable bonds is 8. The number of ether oxygens (including phenoxy) is 1. The van der Waals surface area contributed by atoms with Gasteiger partial charge in [-0.2, -0.15) is 0 Å². The van der Waals surface area contributed by atoms with Crippen LogP contribution in [0.25, 0.3) is 0 Å². The van der Waals surface area contributed by atoms with Crippen molar-refractivity contribution in [3.05, 3.63) is 77.2 Å². The van der Waals surface area contributed by atoms with Crippen molar-refractivity contribution < 1.29 is 9.53 Å². The van der Waals surface area contributed by atoms with Gasteiger partial charge in [0, 0.05) is 18.3 Å². The zero-order valence-corrected chi connectivity index (χ0v) is 17.0. The fourth-order valence-electron chi connectivity index (χ4n) is 3.04. The van der Waals surface area contributed by atoms with Crippen LogP contribution < -0.4 is 15.4 Å². The van der Waals surface area contributed by atoms with E-state index in [0.29, 0.717) is 23.9 Å². The summed E-state index contributed by atoms with van der Waals surface area (Å²) < 4.78 is 5.16. The van der Waals surface area contributed by atoms with Crippen LogP contribution in [0.5, 0.6) is 5.75 Å². The average Bonchev–Trinajstić information content (AvgIpc) is 2.74. The fraction of sp³-hybridized carbons (Fsp3) is 0.261. The molecule has 0 saturated heterocycles. The van der Waals surface area contributed by atoms with Crippen molar-refractivity contribution >= 4 is 17.4 Å². The Balaban J connectivity index is 1.64. The van der Waals surface area contributed by atoms with Gasteiger partial charge in [0.2, 0.25) is 0 Å². The highest BCUT2D eigenvalue weighted by molar-refractivity contribution is 5.93. The molecule has 3 aromatic rings. The van der Waals surface area contributed by atoms with Gasteiger partial charge in [-0.25, -0.2) is 9.97 Å². The summed E-state index contributed by atoms with van der Waals surface area (Å²) in [5.74, 6) is 1.76. The molecule has 1 amide bonds. The number of aryl methyl sites for hydroxylation is 2. The normalized spacial score (nSPS) is 10.4. The lowest BCUT2D eigenvalue weighted by molar-refractivity contribution is 0.0949. The summed E-state index contributed by atoms with van der Waals surface area (Å²) in [5, 5.41) is 6.24. The number of nitrogens with zero attached hydrogens (tertiary/aromatic N) is 2. The summed E-state index contributed by atoms with van der Waals surface area (Å²) in [6.07, 6.45) is 1.64. The molecule has 0 aliphatic heterocycles. The second-order valence-corrected chi connectivity index (χ2v) is 6.68. The van der Waals surface area contributed by atoms with Crippen LogP contribution in [0.1, 0.15) is 34.4 Å². The van der Waals surface area contributed by atoms with Crippen LogP contribution in [0.15, 0.2) is 54.6 Å². The third kappa shape index (κ3) is 5.54. The number of para-hydroxylation sites is 1. The van der Waals surface area contributed by atoms with E-state index in [1.54, 1.807) is 20.1 Å². The maximum absolute atomic E-state index is 12.6. The maximum Gasteiger partial charge on any atom is 0.270 e. The smallest absolute Gasteiger partial charge is 0.270 e. The Labute approximate surface area is 171 Å². The Hall–Kier alpha value is -3.41. The van der Waals surface area contributed by atoms with E-state index < -0.39 is 0 Å². The first-order valence-corrected chi connectivity index (χ1v) is 9.70. The number of hydrogen-bond donors (Lipinski definition) is 2. The van der Waals surface area contributed by atoms with Crippen molar-refractivity contribution in [3.8, 4) is 5.75 Å². The van der Waals surface area contributed by atoms with Crippen molar-refractivity contribution in [2.45, 2.75) is 26.7 Å². The third-order valence-corrected chi connectivity index (χ3v) is 4.59. The molecule has 6 nitrogen and oxygen atoms in total. The van der Waals surface area contributed by atoms with E-state index in [9.17, 15) is 4.79 Å². The monoisotopic (exact) mass is 390 g/mol. The highest BCUT2D eigenvalue weighted by atomic mass is 16.5. The summed E-state index contributed by atoms with van der Waals surface area (Å²) in [4.78, 5) is 21.3. The first kappa shape index (κ1) is 20.3. The summed E-state index contributed by atoms with van der Waals surface area (Å²) in [6.45, 7) is 4.41. The first-order chi connectivity index (χ1) is 14.1. The Kier molecular flexibility index (Phi) is 6.79. The molecule has 0 aliphatic rings. The molecule has 0 saturated carbocycles. The molecule has 0 spiro atoms. The lowest BCUT2D eigenvalue weighted by atomic mass is 10.1. The summed E-state index contributed by atoms with van der Waals surface area (Å²) in [5.41, 5.74) is 3.65. The minimum Gasteiger partial charge on any atom is -0.497 e. The van der Waals surface area contributed by atoms with Crippen molar-refractivity contribution in [3.63, 3.8) is 0 Å². The first-order valence-electron chi connectivity index (χ1n) is 9.70. The Morgan fingerprint density at radius 3 is 2.55 bits per heavy atom. The lowest BCUT2D eigenvalue weighted by Gasteiger charge is -2.12. The van der Waals surface area contributed by atoms with Crippen LogP contribution in [0, 0.1) is 6.92 Å². The quantitative estimate of drug-likeness (QED) is 0.606. The molecule has 0 aliphatic carbocycles. The molecule has 150 valence electrons. The van der Waals surface area contributed by atoms with Crippen LogP contribution in [-0.2, 0) is 12.8 Å². The molecule has 0 unspecified atom stereocenters. The zero-order chi connectivity index (χ0) is 20.6. The third-order valence-electron chi connectivity index (χ3n) is 4.59. The van der Waals surface area contributed by atoms with Crippen LogP contribution in [0.2, 0.25) is 0 Å². The van der Waals surface area contributed by atoms with E-state index in [1.165, 1.54) is 5.56 Å². The molecule has 2 N–H and O–H groups in total. The van der Waals surface area contributed by atoms with E-state index in [2.05, 4.69) is 33.6 Å². The number of benzene rings is 2. The number of carbonyl (C=O) groups excluding carboxylic acids is 1. The van der Waals surface area contributed by atoms with E-state index in [-0.39, 0.29) is 5.91 Å². The minimum absolute atomic E-state index is 0.212. The van der Waals surface area contributed by atoms with Gasteiger partial charge < -0.3 is 15.4 Å². The van der Waals surface area contributed by atoms with Crippen LogP contribution >= 0.6 is 0 Å². The van der Waals surface area contributed by atoms with Crippen molar-refractivity contribution in [2.75, 3.05) is 19.0 Å². The van der Waals surface area contributed by atoms with Gasteiger partial charge in [0.1, 0.15) is 23.1 Å². The van der Waals surface area contributed by atoms with E-state index in [1.807, 2.05) is 42.5 Å². The Morgan fingerprint density at radius 2 is 1.83 bits per heavy atom. The van der Waals surface area contributed by atoms with Gasteiger partial charge in [0.25, 0.3) is 5.91 Å². The second-order valence-electron chi connectivity index (χ2n) is 6.68. The molecule has 1 heterocycles. The summed E-state index contributed by atoms with van der Waals surface area (Å²) in [7, 11) is 1.64. The molecule has 0 bridgehead atoms. The molecule has 29 heavy (non-hydrogen) atoms. The largest absolute Gasteiger partial charge is 0.497 e. The number of carbonyl (C=O) groups is 1. The van der Waals surface area contributed by atoms with Crippen molar-refractivity contribution in [1.82, 2.24) is 15.3 Å².